The van der Waals surface area contributed by atoms with Gasteiger partial charge in [0.15, 0.2) is 9.84 Å². The second-order valence-electron chi connectivity index (χ2n) is 5.24. The van der Waals surface area contributed by atoms with E-state index in [2.05, 4.69) is 5.32 Å². The van der Waals surface area contributed by atoms with Crippen molar-refractivity contribution in [3.63, 3.8) is 0 Å². The van der Waals surface area contributed by atoms with Crippen molar-refractivity contribution in [2.75, 3.05) is 12.3 Å². The number of nitrogens with one attached hydrogen (secondary N) is 1. The summed E-state index contributed by atoms with van der Waals surface area (Å²) in [4.78, 5) is 0. The molecule has 1 saturated carbocycles. The third-order valence-corrected chi connectivity index (χ3v) is 6.26. The summed E-state index contributed by atoms with van der Waals surface area (Å²) in [7, 11) is -2.85. The minimum absolute atomic E-state index is 0. The fourth-order valence-corrected chi connectivity index (χ4v) is 5.08. The van der Waals surface area contributed by atoms with Crippen LogP contribution >= 0.6 is 12.4 Å². The molecule has 1 unspecified atom stereocenters. The van der Waals surface area contributed by atoms with Crippen LogP contribution in [0.1, 0.15) is 51.4 Å². The summed E-state index contributed by atoms with van der Waals surface area (Å²) in [5.41, 5.74) is 0. The number of piperidine rings is 1. The molecule has 1 N–H and O–H groups in total. The summed E-state index contributed by atoms with van der Waals surface area (Å²) >= 11 is 0. The highest BCUT2D eigenvalue weighted by atomic mass is 35.5. The van der Waals surface area contributed by atoms with Gasteiger partial charge in [0.1, 0.15) is 0 Å². The number of hydrogen-bond acceptors (Lipinski definition) is 3. The van der Waals surface area contributed by atoms with Gasteiger partial charge in [-0.2, -0.15) is 0 Å². The highest BCUT2D eigenvalue weighted by Crippen LogP contribution is 2.25. The first-order valence-electron chi connectivity index (χ1n) is 6.63. The van der Waals surface area contributed by atoms with E-state index in [4.69, 9.17) is 0 Å². The minimum Gasteiger partial charge on any atom is -0.313 e. The maximum Gasteiger partial charge on any atom is 0.154 e. The van der Waals surface area contributed by atoms with Crippen LogP contribution in [0.25, 0.3) is 0 Å². The lowest BCUT2D eigenvalue weighted by Crippen LogP contribution is -2.42. The lowest BCUT2D eigenvalue weighted by Gasteiger charge is -2.27. The molecule has 1 aliphatic carbocycles. The largest absolute Gasteiger partial charge is 0.313 e. The van der Waals surface area contributed by atoms with Crippen molar-refractivity contribution >= 4 is 22.2 Å². The van der Waals surface area contributed by atoms with E-state index in [-0.39, 0.29) is 23.7 Å². The van der Waals surface area contributed by atoms with Crippen LogP contribution in [0.4, 0.5) is 0 Å². The molecule has 0 aromatic heterocycles. The quantitative estimate of drug-likeness (QED) is 0.863. The third-order valence-electron chi connectivity index (χ3n) is 3.91. The van der Waals surface area contributed by atoms with Gasteiger partial charge in [0.05, 0.1) is 11.0 Å². The molecule has 2 fully saturated rings. The third kappa shape index (κ3) is 4.42. The van der Waals surface area contributed by atoms with E-state index in [9.17, 15) is 8.42 Å². The Morgan fingerprint density at radius 1 is 0.941 bits per heavy atom. The van der Waals surface area contributed by atoms with Gasteiger partial charge in [-0.15, -0.1) is 12.4 Å². The molecule has 0 bridgehead atoms. The summed E-state index contributed by atoms with van der Waals surface area (Å²) in [6.45, 7) is 0.991. The first-order chi connectivity index (χ1) is 7.68. The van der Waals surface area contributed by atoms with Crippen LogP contribution < -0.4 is 5.32 Å². The molecule has 1 atom stereocenters. The molecule has 5 heteroatoms. The average Bonchev–Trinajstić information content (AvgIpc) is 2.31. The van der Waals surface area contributed by atoms with E-state index < -0.39 is 9.84 Å². The average molecular weight is 282 g/mol. The molecule has 1 aliphatic heterocycles. The first kappa shape index (κ1) is 15.3. The number of sulfone groups is 1. The monoisotopic (exact) mass is 281 g/mol. The molecule has 102 valence electrons. The van der Waals surface area contributed by atoms with Crippen molar-refractivity contribution in [3.05, 3.63) is 0 Å². The van der Waals surface area contributed by atoms with E-state index in [0.717, 1.165) is 38.6 Å². The van der Waals surface area contributed by atoms with Crippen molar-refractivity contribution in [2.24, 2.45) is 0 Å². The second-order valence-corrected chi connectivity index (χ2v) is 7.56. The smallest absolute Gasteiger partial charge is 0.154 e. The molecule has 2 aliphatic rings. The van der Waals surface area contributed by atoms with Crippen molar-refractivity contribution in [3.8, 4) is 0 Å². The standard InChI is InChI=1S/C12H23NO2S.ClH/c14-16(15,12-7-2-1-3-8-12)10-11-6-4-5-9-13-11;/h11-13H,1-10H2;1H. The molecule has 0 spiro atoms. The van der Waals surface area contributed by atoms with Gasteiger partial charge in [0.25, 0.3) is 0 Å². The van der Waals surface area contributed by atoms with Gasteiger partial charge in [-0.1, -0.05) is 25.7 Å². The molecule has 3 nitrogen and oxygen atoms in total. The topological polar surface area (TPSA) is 46.2 Å². The van der Waals surface area contributed by atoms with E-state index in [1.807, 2.05) is 0 Å². The van der Waals surface area contributed by atoms with Crippen LogP contribution in [0.2, 0.25) is 0 Å². The fraction of sp³-hybridized carbons (Fsp3) is 1.00. The van der Waals surface area contributed by atoms with Crippen molar-refractivity contribution in [1.29, 1.82) is 0 Å². The van der Waals surface area contributed by atoms with Crippen molar-refractivity contribution in [1.82, 2.24) is 5.32 Å². The lowest BCUT2D eigenvalue weighted by atomic mass is 10.0. The maximum atomic E-state index is 12.2. The summed E-state index contributed by atoms with van der Waals surface area (Å²) in [5, 5.41) is 3.30. The van der Waals surface area contributed by atoms with E-state index in [1.54, 1.807) is 0 Å². The van der Waals surface area contributed by atoms with Gasteiger partial charge in [-0.25, -0.2) is 8.42 Å². The molecule has 1 saturated heterocycles. The zero-order valence-electron chi connectivity index (χ0n) is 10.4. The van der Waals surface area contributed by atoms with Gasteiger partial charge in [-0.3, -0.25) is 0 Å². The SMILES string of the molecule is Cl.O=S(=O)(CC1CCCCN1)C1CCCCC1. The van der Waals surface area contributed by atoms with Gasteiger partial charge in [0, 0.05) is 6.04 Å². The Morgan fingerprint density at radius 3 is 2.18 bits per heavy atom. The Bertz CT molecular complexity index is 306. The van der Waals surface area contributed by atoms with Gasteiger partial charge in [0.2, 0.25) is 0 Å². The molecule has 0 amide bonds. The van der Waals surface area contributed by atoms with Crippen molar-refractivity contribution < 1.29 is 8.42 Å². The molecular weight excluding hydrogens is 258 g/mol. The Hall–Kier alpha value is 0.200. The highest BCUT2D eigenvalue weighted by molar-refractivity contribution is 7.92. The summed E-state index contributed by atoms with van der Waals surface area (Å²) in [6.07, 6.45) is 8.62. The van der Waals surface area contributed by atoms with Crippen LogP contribution in [0, 0.1) is 0 Å². The summed E-state index contributed by atoms with van der Waals surface area (Å²) in [6, 6.07) is 0.223. The Balaban J connectivity index is 0.00000144. The van der Waals surface area contributed by atoms with Crippen LogP contribution in [0.5, 0.6) is 0 Å². The van der Waals surface area contributed by atoms with Crippen LogP contribution in [-0.2, 0) is 9.84 Å². The zero-order valence-corrected chi connectivity index (χ0v) is 12.0. The molecule has 0 aromatic carbocycles. The number of hydrogen-bond donors (Lipinski definition) is 1. The molecular formula is C12H24ClNO2S. The highest BCUT2D eigenvalue weighted by Gasteiger charge is 2.30. The van der Waals surface area contributed by atoms with Gasteiger partial charge >= 0.3 is 0 Å². The van der Waals surface area contributed by atoms with Crippen LogP contribution in [0.15, 0.2) is 0 Å². The predicted octanol–water partition coefficient (Wildman–Crippen LogP) is 2.30. The number of rotatable bonds is 3. The Labute approximate surface area is 111 Å². The first-order valence-corrected chi connectivity index (χ1v) is 8.35. The Kier molecular flexibility index (Phi) is 6.24. The second kappa shape index (κ2) is 6.95. The van der Waals surface area contributed by atoms with E-state index in [0.29, 0.717) is 5.75 Å². The predicted molar refractivity (Wildman–Crippen MR) is 73.5 cm³/mol. The fourth-order valence-electron chi connectivity index (χ4n) is 2.91. The van der Waals surface area contributed by atoms with Gasteiger partial charge in [-0.05, 0) is 32.2 Å². The normalized spacial score (nSPS) is 27.4. The Morgan fingerprint density at radius 2 is 1.59 bits per heavy atom. The lowest BCUT2D eigenvalue weighted by molar-refractivity contribution is 0.418. The molecule has 1 heterocycles. The molecule has 0 aromatic rings. The summed E-state index contributed by atoms with van der Waals surface area (Å²) < 4.78 is 24.4. The van der Waals surface area contributed by atoms with Crippen LogP contribution in [-0.4, -0.2) is 32.0 Å². The van der Waals surface area contributed by atoms with Crippen molar-refractivity contribution in [2.45, 2.75) is 62.7 Å². The maximum absolute atomic E-state index is 12.2. The van der Waals surface area contributed by atoms with Crippen LogP contribution in [0.3, 0.4) is 0 Å². The molecule has 17 heavy (non-hydrogen) atoms. The molecule has 2 rings (SSSR count). The van der Waals surface area contributed by atoms with E-state index >= 15 is 0 Å². The van der Waals surface area contributed by atoms with E-state index in [1.165, 1.54) is 19.3 Å². The summed E-state index contributed by atoms with van der Waals surface area (Å²) in [5.74, 6) is 0.373. The molecule has 0 radical (unpaired) electrons. The minimum atomic E-state index is -2.85. The number of halogens is 1. The zero-order chi connectivity index (χ0) is 11.4. The van der Waals surface area contributed by atoms with Gasteiger partial charge < -0.3 is 5.32 Å².